The van der Waals surface area contributed by atoms with Crippen LogP contribution in [0.15, 0.2) is 24.5 Å². The lowest BCUT2D eigenvalue weighted by molar-refractivity contribution is 0.211. The number of aromatic nitrogens is 3. The summed E-state index contributed by atoms with van der Waals surface area (Å²) in [6, 6.07) is 4.45. The molecule has 1 N–H and O–H groups in total. The third-order valence-electron chi connectivity index (χ3n) is 4.64. The van der Waals surface area contributed by atoms with Gasteiger partial charge in [-0.2, -0.15) is 5.26 Å². The van der Waals surface area contributed by atoms with Crippen LogP contribution in [0.1, 0.15) is 54.2 Å². The molecule has 3 heterocycles. The minimum Gasteiger partial charge on any atom is -0.365 e. The summed E-state index contributed by atoms with van der Waals surface area (Å²) in [5.74, 6) is -1.54. The van der Waals surface area contributed by atoms with E-state index in [0.29, 0.717) is 34.0 Å². The molecule has 1 saturated heterocycles. The standard InChI is InChI=1S/C21H23FN6S/c1-13(2)20-27-18-19(24-12-25-21(18)29-20)26-16-5-7-28(8-6-16)11-14-3-4-17(22)15(9-14)10-23/h3-4,9,12-13,16H,5-8,11H2,1-2H3,(H,24,25,26)/i11D,12D,13D,16D/hD. The number of anilines is 1. The highest BCUT2D eigenvalue weighted by Gasteiger charge is 2.21. The van der Waals surface area contributed by atoms with Gasteiger partial charge in [-0.25, -0.2) is 19.3 Å². The maximum Gasteiger partial charge on any atom is 0.162 e. The van der Waals surface area contributed by atoms with Crippen LogP contribution in [-0.2, 0) is 6.52 Å². The van der Waals surface area contributed by atoms with E-state index >= 15 is 0 Å². The van der Waals surface area contributed by atoms with Crippen molar-refractivity contribution in [1.82, 2.24) is 19.9 Å². The number of thiazole rings is 1. The fraction of sp³-hybridized carbons (Fsp3) is 0.429. The van der Waals surface area contributed by atoms with E-state index < -0.39 is 24.2 Å². The van der Waals surface area contributed by atoms with Gasteiger partial charge < -0.3 is 5.31 Å². The zero-order chi connectivity index (χ0) is 24.8. The number of nitrogens with one attached hydrogen (secondary N) is 1. The fourth-order valence-electron chi connectivity index (χ4n) is 3.09. The van der Waals surface area contributed by atoms with Gasteiger partial charge in [0, 0.05) is 34.3 Å². The summed E-state index contributed by atoms with van der Waals surface area (Å²) in [6.07, 6.45) is 0.158. The number of fused-ring (bicyclic) bond motifs is 1. The molecule has 1 fully saturated rings. The van der Waals surface area contributed by atoms with Gasteiger partial charge in [0.1, 0.15) is 29.9 Å². The van der Waals surface area contributed by atoms with Crippen molar-refractivity contribution in [2.75, 3.05) is 18.4 Å². The summed E-state index contributed by atoms with van der Waals surface area (Å²) >= 11 is 1.18. The predicted octanol–water partition coefficient (Wildman–Crippen LogP) is 4.30. The van der Waals surface area contributed by atoms with E-state index in [9.17, 15) is 4.39 Å². The van der Waals surface area contributed by atoms with E-state index in [0.717, 1.165) is 5.31 Å². The van der Waals surface area contributed by atoms with Gasteiger partial charge in [-0.15, -0.1) is 0 Å². The molecule has 0 aliphatic carbocycles. The average molecular weight is 416 g/mol. The molecule has 1 aliphatic heterocycles. The van der Waals surface area contributed by atoms with Crippen LogP contribution in [0, 0.1) is 17.1 Å². The third kappa shape index (κ3) is 4.36. The van der Waals surface area contributed by atoms with Gasteiger partial charge in [0.15, 0.2) is 7.23 Å². The van der Waals surface area contributed by atoms with Crippen molar-refractivity contribution in [3.05, 3.63) is 46.5 Å². The molecule has 8 heteroatoms. The van der Waals surface area contributed by atoms with E-state index in [1.807, 2.05) is 4.90 Å². The molecule has 29 heavy (non-hydrogen) atoms. The van der Waals surface area contributed by atoms with Crippen LogP contribution in [0.4, 0.5) is 10.2 Å². The number of benzene rings is 1. The molecule has 1 atom stereocenters. The van der Waals surface area contributed by atoms with Crippen molar-refractivity contribution in [2.24, 2.45) is 0 Å². The molecule has 1 unspecified atom stereocenters. The first-order valence-electron chi connectivity index (χ1n) is 11.8. The largest absolute Gasteiger partial charge is 0.365 e. The minimum atomic E-state index is -1.37. The van der Waals surface area contributed by atoms with Crippen LogP contribution in [0.3, 0.4) is 0 Å². The summed E-state index contributed by atoms with van der Waals surface area (Å²) in [5.41, 5.74) is 0.674. The Labute approximate surface area is 180 Å². The SMILES string of the molecule is [2H]c1nc(N([2H])C2([2H])CCN(C([2H])c3ccc(F)c(C#N)c3)CC2)c2nc(C([2H])(C)C)sc2n1. The average Bonchev–Trinajstić information content (AvgIpc) is 3.23. The smallest absolute Gasteiger partial charge is 0.162 e. The zero-order valence-electron chi connectivity index (χ0n) is 21.1. The Balaban J connectivity index is 1.56. The molecule has 1 aromatic carbocycles. The second-order valence-corrected chi connectivity index (χ2v) is 7.99. The van der Waals surface area contributed by atoms with E-state index in [1.54, 1.807) is 19.9 Å². The summed E-state index contributed by atoms with van der Waals surface area (Å²) in [4.78, 5) is 14.8. The van der Waals surface area contributed by atoms with Gasteiger partial charge in [-0.05, 0) is 30.5 Å². The fourth-order valence-corrected chi connectivity index (χ4v) is 3.93. The first-order chi connectivity index (χ1) is 15.9. The lowest BCUT2D eigenvalue weighted by atomic mass is 10.0. The Hall–Kier alpha value is -2.63. The Morgan fingerprint density at radius 2 is 2.31 bits per heavy atom. The predicted molar refractivity (Wildman–Crippen MR) is 112 cm³/mol. The van der Waals surface area contributed by atoms with Crippen molar-refractivity contribution in [2.45, 2.75) is 45.1 Å². The molecule has 0 spiro atoms. The highest BCUT2D eigenvalue weighted by molar-refractivity contribution is 7.18. The zero-order valence-corrected chi connectivity index (χ0v) is 16.9. The molecular formula is C21H23FN6S. The quantitative estimate of drug-likeness (QED) is 0.670. The lowest BCUT2D eigenvalue weighted by Gasteiger charge is -2.32. The second kappa shape index (κ2) is 8.39. The van der Waals surface area contributed by atoms with E-state index in [2.05, 4.69) is 15.0 Å². The molecule has 1 aliphatic rings. The van der Waals surface area contributed by atoms with Gasteiger partial charge in [-0.1, -0.05) is 31.3 Å². The first-order valence-corrected chi connectivity index (χ1v) is 10.1. The highest BCUT2D eigenvalue weighted by Crippen LogP contribution is 2.29. The van der Waals surface area contributed by atoms with E-state index in [4.69, 9.17) is 12.2 Å². The molecule has 0 radical (unpaired) electrons. The van der Waals surface area contributed by atoms with Gasteiger partial charge >= 0.3 is 0 Å². The summed E-state index contributed by atoms with van der Waals surface area (Å²) < 4.78 is 56.0. The van der Waals surface area contributed by atoms with Crippen LogP contribution in [0.25, 0.3) is 10.3 Å². The van der Waals surface area contributed by atoms with Crippen LogP contribution in [-0.4, -0.2) is 39.0 Å². The Bertz CT molecular complexity index is 1260. The lowest BCUT2D eigenvalue weighted by Crippen LogP contribution is -2.38. The number of likely N-dealkylation sites (tertiary alicyclic amines) is 1. The number of nitrogens with zero attached hydrogens (tertiary/aromatic N) is 5. The molecule has 2 aromatic heterocycles. The first kappa shape index (κ1) is 14.4. The topological polar surface area (TPSA) is 77.7 Å². The maximum absolute atomic E-state index is 13.6. The monoisotopic (exact) mass is 415 g/mol. The van der Waals surface area contributed by atoms with Crippen LogP contribution < -0.4 is 5.31 Å². The van der Waals surface area contributed by atoms with E-state index in [-0.39, 0.29) is 30.5 Å². The van der Waals surface area contributed by atoms with Gasteiger partial charge in [0.2, 0.25) is 0 Å². The van der Waals surface area contributed by atoms with Crippen molar-refractivity contribution in [3.63, 3.8) is 0 Å². The number of hydrogen-bond donors (Lipinski definition) is 1. The Morgan fingerprint density at radius 3 is 3.03 bits per heavy atom. The molecule has 3 aromatic rings. The number of halogens is 1. The van der Waals surface area contributed by atoms with Crippen molar-refractivity contribution >= 4 is 27.5 Å². The van der Waals surface area contributed by atoms with Crippen molar-refractivity contribution in [3.8, 4) is 6.07 Å². The summed E-state index contributed by atoms with van der Waals surface area (Å²) in [5, 5.41) is 10.5. The molecule has 0 saturated carbocycles. The Morgan fingerprint density at radius 1 is 1.52 bits per heavy atom. The molecule has 150 valence electrons. The third-order valence-corrected chi connectivity index (χ3v) is 5.81. The molecule has 0 bridgehead atoms. The number of hydrogen-bond acceptors (Lipinski definition) is 7. The maximum atomic E-state index is 13.6. The highest BCUT2D eigenvalue weighted by atomic mass is 32.1. The molecular weight excluding hydrogens is 387 g/mol. The minimum absolute atomic E-state index is 0.0600. The van der Waals surface area contributed by atoms with Crippen LogP contribution in [0.5, 0.6) is 0 Å². The van der Waals surface area contributed by atoms with Crippen LogP contribution in [0.2, 0.25) is 1.41 Å². The number of nitriles is 1. The molecule has 0 amide bonds. The number of piperidine rings is 1. The Kier molecular flexibility index (Phi) is 4.16. The second-order valence-electron chi connectivity index (χ2n) is 7.01. The van der Waals surface area contributed by atoms with E-state index in [1.165, 1.54) is 29.5 Å². The van der Waals surface area contributed by atoms with Gasteiger partial charge in [0.25, 0.3) is 0 Å². The summed E-state index contributed by atoms with van der Waals surface area (Å²) in [6.45, 7) is 3.21. The van der Waals surface area contributed by atoms with Gasteiger partial charge in [-0.3, -0.25) is 4.90 Å². The molecule has 6 nitrogen and oxygen atoms in total. The number of rotatable bonds is 5. The van der Waals surface area contributed by atoms with Gasteiger partial charge in [0.05, 0.1) is 11.9 Å². The molecule has 4 rings (SSSR count). The summed E-state index contributed by atoms with van der Waals surface area (Å²) in [7, 11) is 0. The normalized spacial score (nSPS) is 20.7. The van der Waals surface area contributed by atoms with Crippen molar-refractivity contribution in [1.29, 1.82) is 5.26 Å². The van der Waals surface area contributed by atoms with Crippen LogP contribution >= 0.6 is 11.3 Å². The van der Waals surface area contributed by atoms with Crippen molar-refractivity contribution < 1.29 is 11.3 Å².